The maximum absolute atomic E-state index is 12.9. The Morgan fingerprint density at radius 2 is 2.11 bits per heavy atom. The molecule has 0 bridgehead atoms. The van der Waals surface area contributed by atoms with Gasteiger partial charge < -0.3 is 5.73 Å². The predicted octanol–water partition coefficient (Wildman–Crippen LogP) is 2.87. The molecule has 144 valence electrons. The molecule has 1 aromatic heterocycles. The molecule has 1 atom stereocenters. The van der Waals surface area contributed by atoms with Crippen molar-refractivity contribution in [2.24, 2.45) is 10.7 Å². The summed E-state index contributed by atoms with van der Waals surface area (Å²) in [6.07, 6.45) is -0.736. The van der Waals surface area contributed by atoms with Gasteiger partial charge in [-0.2, -0.15) is 13.2 Å². The number of hydrogen-bond donors (Lipinski definition) is 2. The second kappa shape index (κ2) is 8.63. The number of nitrogens with two attached hydrogens (primary N) is 1. The number of nitrogens with zero attached hydrogens (tertiary/aromatic N) is 3. The van der Waals surface area contributed by atoms with Crippen LogP contribution in [0.2, 0.25) is 0 Å². The molecule has 2 aromatic rings. The van der Waals surface area contributed by atoms with Gasteiger partial charge in [0.25, 0.3) is 5.91 Å². The first-order valence-corrected chi connectivity index (χ1v) is 8.19. The average Bonchev–Trinajstić information content (AvgIpc) is 2.63. The van der Waals surface area contributed by atoms with E-state index in [1.165, 1.54) is 20.2 Å². The third-order valence-corrected chi connectivity index (χ3v) is 3.86. The van der Waals surface area contributed by atoms with Crippen LogP contribution in [0.5, 0.6) is 0 Å². The zero-order valence-corrected chi connectivity index (χ0v) is 14.9. The van der Waals surface area contributed by atoms with Crippen LogP contribution in [0.15, 0.2) is 47.7 Å². The third-order valence-electron chi connectivity index (χ3n) is 3.86. The van der Waals surface area contributed by atoms with Crippen LogP contribution in [0.1, 0.15) is 18.9 Å². The molecule has 6 nitrogen and oxygen atoms in total. The van der Waals surface area contributed by atoms with E-state index in [2.05, 4.69) is 15.4 Å². The minimum atomic E-state index is -4.44. The average molecular weight is 379 g/mol. The molecule has 0 saturated carbocycles. The fourth-order valence-electron chi connectivity index (χ4n) is 2.47. The van der Waals surface area contributed by atoms with E-state index in [0.29, 0.717) is 16.5 Å². The smallest absolute Gasteiger partial charge is 0.366 e. The first-order chi connectivity index (χ1) is 12.8. The molecule has 0 aliphatic rings. The van der Waals surface area contributed by atoms with Gasteiger partial charge in [-0.1, -0.05) is 25.1 Å². The fraction of sp³-hybridized carbons (Fsp3) is 0.278. The zero-order chi connectivity index (χ0) is 20.0. The van der Waals surface area contributed by atoms with Gasteiger partial charge in [-0.3, -0.25) is 19.8 Å². The topological polar surface area (TPSA) is 83.6 Å². The lowest BCUT2D eigenvalue weighted by Gasteiger charge is -2.18. The number of nitrogens with one attached hydrogen (secondary N) is 1. The van der Waals surface area contributed by atoms with Gasteiger partial charge in [-0.05, 0) is 24.1 Å². The number of carbonyl (C=O) groups is 1. The largest absolute Gasteiger partial charge is 0.410 e. The Hall–Kier alpha value is -2.94. The number of halogens is 3. The molecule has 0 spiro atoms. The molecule has 2 rings (SSSR count). The molecule has 1 amide bonds. The van der Waals surface area contributed by atoms with Crippen LogP contribution in [0.3, 0.4) is 0 Å². The Morgan fingerprint density at radius 3 is 2.70 bits per heavy atom. The molecule has 0 fully saturated rings. The number of benzene rings is 1. The van der Waals surface area contributed by atoms with Gasteiger partial charge in [0.05, 0.1) is 11.1 Å². The Bertz CT molecular complexity index is 858. The molecular formula is C18H20F3N5O. The van der Waals surface area contributed by atoms with Crippen LogP contribution in [0, 0.1) is 0 Å². The quantitative estimate of drug-likeness (QED) is 0.335. The second-order valence-corrected chi connectivity index (χ2v) is 5.64. The van der Waals surface area contributed by atoms with Crippen LogP contribution in [-0.2, 0) is 4.79 Å². The molecule has 1 heterocycles. The van der Waals surface area contributed by atoms with E-state index in [4.69, 9.17) is 5.73 Å². The van der Waals surface area contributed by atoms with Crippen molar-refractivity contribution in [3.63, 3.8) is 0 Å². The Labute approximate surface area is 154 Å². The highest BCUT2D eigenvalue weighted by Crippen LogP contribution is 2.26. The van der Waals surface area contributed by atoms with Crippen molar-refractivity contribution in [1.82, 2.24) is 15.4 Å². The highest BCUT2D eigenvalue weighted by atomic mass is 19.4. The summed E-state index contributed by atoms with van der Waals surface area (Å²) in [4.78, 5) is 19.8. The molecule has 0 saturated heterocycles. The first-order valence-electron chi connectivity index (χ1n) is 8.19. The molecule has 3 N–H and O–H groups in total. The number of pyridine rings is 1. The van der Waals surface area contributed by atoms with Crippen molar-refractivity contribution in [2.75, 3.05) is 7.05 Å². The van der Waals surface area contributed by atoms with Crippen molar-refractivity contribution in [3.8, 4) is 0 Å². The standard InChI is InChI=1S/C18H20F3N5O/c1-3-16(18(19,20)21)25-11-26(23-2)10-14(17(22)27)12-6-4-8-15-13(12)7-5-9-24-15/h4-11,16,23H,3H2,1-2H3,(H2,22,27)/b14-10+,25-11?. The van der Waals surface area contributed by atoms with Gasteiger partial charge in [0.2, 0.25) is 0 Å². The van der Waals surface area contributed by atoms with Gasteiger partial charge in [0.1, 0.15) is 12.4 Å². The van der Waals surface area contributed by atoms with Crippen molar-refractivity contribution in [1.29, 1.82) is 0 Å². The van der Waals surface area contributed by atoms with E-state index in [0.717, 1.165) is 11.3 Å². The van der Waals surface area contributed by atoms with Gasteiger partial charge in [0, 0.05) is 24.8 Å². The van der Waals surface area contributed by atoms with Gasteiger partial charge >= 0.3 is 6.18 Å². The van der Waals surface area contributed by atoms with Gasteiger partial charge in [-0.25, -0.2) is 5.43 Å². The molecule has 0 radical (unpaired) electrons. The molecule has 27 heavy (non-hydrogen) atoms. The van der Waals surface area contributed by atoms with Crippen LogP contribution in [0.4, 0.5) is 13.2 Å². The van der Waals surface area contributed by atoms with Crippen molar-refractivity contribution >= 4 is 28.7 Å². The number of aliphatic imine (C=N–C) groups is 1. The number of aromatic nitrogens is 1. The Kier molecular flexibility index (Phi) is 6.51. The SMILES string of the molecule is CCC(N=CN(/C=C(/C(N)=O)c1cccc2ncccc12)NC)C(F)(F)F. The molecule has 1 aromatic carbocycles. The summed E-state index contributed by atoms with van der Waals surface area (Å²) >= 11 is 0. The lowest BCUT2D eigenvalue weighted by atomic mass is 10.0. The number of carbonyl (C=O) groups excluding carboxylic acids is 1. The van der Waals surface area contributed by atoms with Crippen molar-refractivity contribution in [3.05, 3.63) is 48.3 Å². The van der Waals surface area contributed by atoms with E-state index in [9.17, 15) is 18.0 Å². The summed E-state index contributed by atoms with van der Waals surface area (Å²) in [6.45, 7) is 1.40. The highest BCUT2D eigenvalue weighted by molar-refractivity contribution is 6.21. The first kappa shape index (κ1) is 20.4. The van der Waals surface area contributed by atoms with Crippen LogP contribution >= 0.6 is 0 Å². The summed E-state index contributed by atoms with van der Waals surface area (Å²) in [5, 5.41) is 1.85. The minimum Gasteiger partial charge on any atom is -0.366 e. The van der Waals surface area contributed by atoms with E-state index < -0.39 is 18.1 Å². The number of amides is 1. The van der Waals surface area contributed by atoms with E-state index >= 15 is 0 Å². The number of hydrazine groups is 1. The number of fused-ring (bicyclic) bond motifs is 1. The number of rotatable bonds is 7. The molecule has 1 unspecified atom stereocenters. The molecular weight excluding hydrogens is 359 g/mol. The van der Waals surface area contributed by atoms with Gasteiger partial charge in [-0.15, -0.1) is 0 Å². The third kappa shape index (κ3) is 5.04. The normalized spacial score (nSPS) is 13.9. The molecule has 0 aliphatic carbocycles. The number of primary amides is 1. The summed E-state index contributed by atoms with van der Waals surface area (Å²) in [5.41, 5.74) is 9.45. The van der Waals surface area contributed by atoms with Crippen molar-refractivity contribution < 1.29 is 18.0 Å². The second-order valence-electron chi connectivity index (χ2n) is 5.64. The Balaban J connectivity index is 2.45. The number of alkyl halides is 3. The number of hydrogen-bond acceptors (Lipinski definition) is 4. The predicted molar refractivity (Wildman–Crippen MR) is 98.4 cm³/mol. The lowest BCUT2D eigenvalue weighted by molar-refractivity contribution is -0.147. The monoisotopic (exact) mass is 379 g/mol. The minimum absolute atomic E-state index is 0.106. The summed E-state index contributed by atoms with van der Waals surface area (Å²) in [6, 6.07) is 6.86. The van der Waals surface area contributed by atoms with Gasteiger partial charge in [0.15, 0.2) is 0 Å². The maximum Gasteiger partial charge on any atom is 0.410 e. The summed E-state index contributed by atoms with van der Waals surface area (Å²) < 4.78 is 38.6. The summed E-state index contributed by atoms with van der Waals surface area (Å²) in [7, 11) is 1.49. The zero-order valence-electron chi connectivity index (χ0n) is 14.9. The Morgan fingerprint density at radius 1 is 1.37 bits per heavy atom. The fourth-order valence-corrected chi connectivity index (χ4v) is 2.47. The molecule has 0 aliphatic heterocycles. The van der Waals surface area contributed by atoms with Crippen LogP contribution < -0.4 is 11.2 Å². The maximum atomic E-state index is 12.9. The highest BCUT2D eigenvalue weighted by Gasteiger charge is 2.37. The summed E-state index contributed by atoms with van der Waals surface area (Å²) in [5.74, 6) is -0.733. The van der Waals surface area contributed by atoms with E-state index in [1.54, 1.807) is 36.5 Å². The van der Waals surface area contributed by atoms with E-state index in [-0.39, 0.29) is 12.0 Å². The van der Waals surface area contributed by atoms with Crippen molar-refractivity contribution in [2.45, 2.75) is 25.6 Å². The van der Waals surface area contributed by atoms with Crippen LogP contribution in [-0.4, -0.2) is 41.5 Å². The van der Waals surface area contributed by atoms with E-state index in [1.807, 2.05) is 0 Å². The lowest BCUT2D eigenvalue weighted by Crippen LogP contribution is -2.33. The molecule has 9 heteroatoms. The van der Waals surface area contributed by atoms with Crippen LogP contribution in [0.25, 0.3) is 16.5 Å².